The first kappa shape index (κ1) is 13.2. The normalized spacial score (nSPS) is 10.8. The van der Waals surface area contributed by atoms with Crippen LogP contribution in [0.4, 0.5) is 0 Å². The van der Waals surface area contributed by atoms with Gasteiger partial charge in [-0.05, 0) is 25.1 Å². The summed E-state index contributed by atoms with van der Waals surface area (Å²) in [5.74, 6) is 0.266. The Morgan fingerprint density at radius 3 is 2.57 bits per heavy atom. The van der Waals surface area contributed by atoms with Gasteiger partial charge in [-0.2, -0.15) is 0 Å². The minimum Gasteiger partial charge on any atom is -0.508 e. The van der Waals surface area contributed by atoms with Crippen LogP contribution in [-0.4, -0.2) is 22.3 Å². The monoisotopic (exact) mass is 281 g/mol. The molecule has 2 aromatic carbocycles. The Labute approximate surface area is 122 Å². The summed E-state index contributed by atoms with van der Waals surface area (Å²) < 4.78 is 5.23. The first-order chi connectivity index (χ1) is 10.1. The van der Waals surface area contributed by atoms with E-state index < -0.39 is 0 Å². The topological polar surface area (TPSA) is 62.6 Å². The summed E-state index contributed by atoms with van der Waals surface area (Å²) in [5, 5.41) is 20.7. The molecule has 0 saturated heterocycles. The Kier molecular flexibility index (Phi) is 3.14. The predicted molar refractivity (Wildman–Crippen MR) is 81.8 cm³/mol. The third-order valence-electron chi connectivity index (χ3n) is 3.39. The first-order valence-electron chi connectivity index (χ1n) is 6.56. The fourth-order valence-electron chi connectivity index (χ4n) is 2.39. The molecule has 1 aromatic heterocycles. The van der Waals surface area contributed by atoms with Gasteiger partial charge in [0.25, 0.3) is 0 Å². The number of ether oxygens (including phenoxy) is 1. The SMILES string of the molecule is COc1cc(O)cc(O)c1-c1ccc2cc(C)ccc2n1. The molecule has 3 rings (SSSR count). The van der Waals surface area contributed by atoms with E-state index in [2.05, 4.69) is 11.1 Å². The van der Waals surface area contributed by atoms with Gasteiger partial charge in [-0.3, -0.25) is 0 Å². The van der Waals surface area contributed by atoms with Crippen LogP contribution in [0.5, 0.6) is 17.2 Å². The fourth-order valence-corrected chi connectivity index (χ4v) is 2.39. The van der Waals surface area contributed by atoms with Crippen molar-refractivity contribution in [2.75, 3.05) is 7.11 Å². The Bertz CT molecular complexity index is 828. The summed E-state index contributed by atoms with van der Waals surface area (Å²) >= 11 is 0. The van der Waals surface area contributed by atoms with Gasteiger partial charge in [0.2, 0.25) is 0 Å². The number of aromatic hydroxyl groups is 2. The number of methoxy groups -OCH3 is 1. The van der Waals surface area contributed by atoms with Crippen molar-refractivity contribution in [3.63, 3.8) is 0 Å². The van der Waals surface area contributed by atoms with Crippen LogP contribution in [0.25, 0.3) is 22.2 Å². The third-order valence-corrected chi connectivity index (χ3v) is 3.39. The minimum absolute atomic E-state index is 0.0514. The summed E-state index contributed by atoms with van der Waals surface area (Å²) in [6.07, 6.45) is 0. The zero-order chi connectivity index (χ0) is 15.0. The smallest absolute Gasteiger partial charge is 0.135 e. The summed E-state index contributed by atoms with van der Waals surface area (Å²) in [6, 6.07) is 12.5. The van der Waals surface area contributed by atoms with Crippen molar-refractivity contribution in [3.8, 4) is 28.5 Å². The Morgan fingerprint density at radius 1 is 1.00 bits per heavy atom. The van der Waals surface area contributed by atoms with E-state index in [-0.39, 0.29) is 11.5 Å². The summed E-state index contributed by atoms with van der Waals surface area (Å²) in [7, 11) is 1.49. The van der Waals surface area contributed by atoms with Gasteiger partial charge < -0.3 is 14.9 Å². The Hall–Kier alpha value is -2.75. The predicted octanol–water partition coefficient (Wildman–Crippen LogP) is 3.63. The maximum Gasteiger partial charge on any atom is 0.135 e. The number of aryl methyl sites for hydroxylation is 1. The van der Waals surface area contributed by atoms with Crippen molar-refractivity contribution >= 4 is 10.9 Å². The molecular formula is C17H15NO3. The van der Waals surface area contributed by atoms with Crippen LogP contribution in [-0.2, 0) is 0 Å². The van der Waals surface area contributed by atoms with E-state index >= 15 is 0 Å². The highest BCUT2D eigenvalue weighted by Gasteiger charge is 2.15. The zero-order valence-electron chi connectivity index (χ0n) is 11.8. The average molecular weight is 281 g/mol. The molecule has 4 heteroatoms. The molecule has 0 saturated carbocycles. The Balaban J connectivity index is 2.23. The number of phenolic OH excluding ortho intramolecular Hbond substituents is 2. The molecule has 2 N–H and O–H groups in total. The number of hydrogen-bond acceptors (Lipinski definition) is 4. The molecule has 106 valence electrons. The molecule has 0 radical (unpaired) electrons. The van der Waals surface area contributed by atoms with Gasteiger partial charge in [0, 0.05) is 17.5 Å². The van der Waals surface area contributed by atoms with Gasteiger partial charge in [-0.15, -0.1) is 0 Å². The number of rotatable bonds is 2. The van der Waals surface area contributed by atoms with Crippen LogP contribution in [0.1, 0.15) is 5.56 Å². The van der Waals surface area contributed by atoms with E-state index in [9.17, 15) is 10.2 Å². The highest BCUT2D eigenvalue weighted by molar-refractivity contribution is 5.84. The molecule has 1 heterocycles. The highest BCUT2D eigenvalue weighted by atomic mass is 16.5. The summed E-state index contributed by atoms with van der Waals surface area (Å²) in [6.45, 7) is 2.03. The number of benzene rings is 2. The number of aromatic nitrogens is 1. The lowest BCUT2D eigenvalue weighted by Gasteiger charge is -2.11. The lowest BCUT2D eigenvalue weighted by molar-refractivity contribution is 0.400. The molecular weight excluding hydrogens is 266 g/mol. The second-order valence-electron chi connectivity index (χ2n) is 4.93. The highest BCUT2D eigenvalue weighted by Crippen LogP contribution is 2.40. The zero-order valence-corrected chi connectivity index (χ0v) is 11.8. The summed E-state index contributed by atoms with van der Waals surface area (Å²) in [5.41, 5.74) is 3.08. The van der Waals surface area contributed by atoms with Gasteiger partial charge >= 0.3 is 0 Å². The van der Waals surface area contributed by atoms with Crippen LogP contribution < -0.4 is 4.74 Å². The van der Waals surface area contributed by atoms with Crippen molar-refractivity contribution in [1.29, 1.82) is 0 Å². The van der Waals surface area contributed by atoms with E-state index in [0.717, 1.165) is 10.9 Å². The second kappa shape index (κ2) is 4.98. The number of pyridine rings is 1. The van der Waals surface area contributed by atoms with Crippen LogP contribution in [0.2, 0.25) is 0 Å². The standard InChI is InChI=1S/C17H15NO3/c1-10-3-5-13-11(7-10)4-6-14(18-13)17-15(20)8-12(19)9-16(17)21-2/h3-9,19-20H,1-2H3. The van der Waals surface area contributed by atoms with Crippen molar-refractivity contribution in [2.24, 2.45) is 0 Å². The largest absolute Gasteiger partial charge is 0.508 e. The van der Waals surface area contributed by atoms with Crippen molar-refractivity contribution in [1.82, 2.24) is 4.98 Å². The number of hydrogen-bond donors (Lipinski definition) is 2. The molecule has 0 aliphatic rings. The van der Waals surface area contributed by atoms with Gasteiger partial charge in [0.1, 0.15) is 17.2 Å². The lowest BCUT2D eigenvalue weighted by Crippen LogP contribution is -1.92. The van der Waals surface area contributed by atoms with Crippen LogP contribution >= 0.6 is 0 Å². The third kappa shape index (κ3) is 2.36. The molecule has 0 amide bonds. The molecule has 0 atom stereocenters. The molecule has 3 aromatic rings. The first-order valence-corrected chi connectivity index (χ1v) is 6.56. The number of phenols is 2. The fraction of sp³-hybridized carbons (Fsp3) is 0.118. The van der Waals surface area contributed by atoms with E-state index in [1.807, 2.05) is 31.2 Å². The van der Waals surface area contributed by atoms with E-state index in [1.54, 1.807) is 0 Å². The van der Waals surface area contributed by atoms with Gasteiger partial charge in [-0.1, -0.05) is 17.7 Å². The maximum atomic E-state index is 10.1. The van der Waals surface area contributed by atoms with Gasteiger partial charge in [0.15, 0.2) is 0 Å². The molecule has 0 aliphatic heterocycles. The van der Waals surface area contributed by atoms with E-state index in [1.165, 1.54) is 24.8 Å². The van der Waals surface area contributed by atoms with Crippen LogP contribution in [0.15, 0.2) is 42.5 Å². The number of fused-ring (bicyclic) bond motifs is 1. The van der Waals surface area contributed by atoms with Gasteiger partial charge in [0.05, 0.1) is 23.9 Å². The Morgan fingerprint density at radius 2 is 1.81 bits per heavy atom. The maximum absolute atomic E-state index is 10.1. The molecule has 0 bridgehead atoms. The molecule has 4 nitrogen and oxygen atoms in total. The molecule has 0 unspecified atom stereocenters. The molecule has 0 aliphatic carbocycles. The number of nitrogens with zero attached hydrogens (tertiary/aromatic N) is 1. The van der Waals surface area contributed by atoms with Crippen LogP contribution in [0, 0.1) is 6.92 Å². The van der Waals surface area contributed by atoms with E-state index in [0.29, 0.717) is 17.0 Å². The minimum atomic E-state index is -0.0641. The summed E-state index contributed by atoms with van der Waals surface area (Å²) in [4.78, 5) is 4.56. The second-order valence-corrected chi connectivity index (χ2v) is 4.93. The quantitative estimate of drug-likeness (QED) is 0.753. The molecule has 0 spiro atoms. The van der Waals surface area contributed by atoms with E-state index in [4.69, 9.17) is 4.74 Å². The van der Waals surface area contributed by atoms with Crippen molar-refractivity contribution < 1.29 is 14.9 Å². The van der Waals surface area contributed by atoms with Gasteiger partial charge in [-0.25, -0.2) is 4.98 Å². The van der Waals surface area contributed by atoms with Crippen LogP contribution in [0.3, 0.4) is 0 Å². The van der Waals surface area contributed by atoms with Crippen molar-refractivity contribution in [2.45, 2.75) is 6.92 Å². The molecule has 21 heavy (non-hydrogen) atoms. The average Bonchev–Trinajstić information content (AvgIpc) is 2.46. The van der Waals surface area contributed by atoms with Crippen molar-refractivity contribution in [3.05, 3.63) is 48.0 Å². The molecule has 0 fully saturated rings. The lowest BCUT2D eigenvalue weighted by atomic mass is 10.1.